The summed E-state index contributed by atoms with van der Waals surface area (Å²) in [5.74, 6) is 1.84. The number of ether oxygens (including phenoxy) is 1. The van der Waals surface area contributed by atoms with Crippen molar-refractivity contribution < 1.29 is 8.58 Å². The average molecular weight is 500 g/mol. The van der Waals surface area contributed by atoms with Crippen LogP contribution in [0, 0.1) is 5.41 Å². The Kier molecular flexibility index (Phi) is 10.7. The number of benzene rings is 3. The lowest BCUT2D eigenvalue weighted by Gasteiger charge is -2.37. The van der Waals surface area contributed by atoms with Crippen LogP contribution in [0.2, 0.25) is 0 Å². The highest BCUT2D eigenvalue weighted by molar-refractivity contribution is 6.24. The maximum Gasteiger partial charge on any atom is 0.131 e. The topological polar surface area (TPSA) is 48.8 Å². The summed E-state index contributed by atoms with van der Waals surface area (Å²) in [6.07, 6.45) is 0. The summed E-state index contributed by atoms with van der Waals surface area (Å²) >= 11 is 8.53. The van der Waals surface area contributed by atoms with Crippen LogP contribution >= 0.6 is 23.7 Å². The fraction of sp³-hybridized carbons (Fsp3) is 0.296. The van der Waals surface area contributed by atoms with Crippen LogP contribution in [0.1, 0.15) is 29.5 Å². The second kappa shape index (κ2) is 14.0. The molecule has 0 saturated carbocycles. The van der Waals surface area contributed by atoms with Gasteiger partial charge in [-0.3, -0.25) is 10.3 Å². The molecule has 1 fully saturated rings. The number of halogens is 2. The van der Waals surface area contributed by atoms with E-state index in [1.54, 1.807) is 0 Å². The van der Waals surface area contributed by atoms with Gasteiger partial charge in [0.25, 0.3) is 0 Å². The number of nitrogens with zero attached hydrogens (tertiary/aromatic N) is 2. The minimum absolute atomic E-state index is 0.510. The summed E-state index contributed by atoms with van der Waals surface area (Å²) < 4.78 is 9.27. The number of hydrogen-bond donors (Lipinski definition) is 1. The van der Waals surface area contributed by atoms with Gasteiger partial charge >= 0.3 is 0 Å². The number of hydrogen-bond acceptors (Lipinski definition) is 4. The summed E-state index contributed by atoms with van der Waals surface area (Å²) in [6.45, 7) is 7.56. The van der Waals surface area contributed by atoms with E-state index in [-0.39, 0.29) is 0 Å². The van der Waals surface area contributed by atoms with Gasteiger partial charge in [-0.25, -0.2) is 0 Å². The van der Waals surface area contributed by atoms with Crippen molar-refractivity contribution in [1.29, 1.82) is 5.41 Å². The predicted octanol–water partition coefficient (Wildman–Crippen LogP) is 6.32. The van der Waals surface area contributed by atoms with Crippen LogP contribution in [-0.4, -0.2) is 48.4 Å². The molecule has 7 heteroatoms. The van der Waals surface area contributed by atoms with Crippen LogP contribution in [0.3, 0.4) is 0 Å². The molecule has 0 aliphatic carbocycles. The molecule has 0 radical (unpaired) electrons. The maximum absolute atomic E-state index is 8.82. The summed E-state index contributed by atoms with van der Waals surface area (Å²) in [7, 11) is 0. The first-order valence-electron chi connectivity index (χ1n) is 11.4. The molecule has 4 rings (SSSR count). The smallest absolute Gasteiger partial charge is 0.131 e. The molecule has 0 amide bonds. The van der Waals surface area contributed by atoms with Gasteiger partial charge in [0, 0.05) is 32.7 Å². The van der Waals surface area contributed by atoms with Crippen LogP contribution in [0.25, 0.3) is 0 Å². The van der Waals surface area contributed by atoms with Crippen molar-refractivity contribution in [2.75, 3.05) is 32.7 Å². The van der Waals surface area contributed by atoms with Gasteiger partial charge in [0.15, 0.2) is 0 Å². The lowest BCUT2D eigenvalue weighted by atomic mass is 10.0. The van der Waals surface area contributed by atoms with Crippen LogP contribution in [0.15, 0.2) is 84.9 Å². The van der Waals surface area contributed by atoms with E-state index >= 15 is 0 Å². The second-order valence-corrected chi connectivity index (χ2v) is 8.74. The summed E-state index contributed by atoms with van der Waals surface area (Å²) in [6, 6.07) is 28.8. The van der Waals surface area contributed by atoms with E-state index in [1.807, 2.05) is 42.5 Å². The SMILES string of the molecule is CC(CN1CCN(C(=N)c2ccccc2OCc2ccccc2)CC1)c1ccccc1.ClOCl. The van der Waals surface area contributed by atoms with E-state index in [0.717, 1.165) is 49.6 Å². The molecule has 180 valence electrons. The first-order valence-corrected chi connectivity index (χ1v) is 12.0. The zero-order chi connectivity index (χ0) is 24.2. The Labute approximate surface area is 212 Å². The third-order valence-electron chi connectivity index (χ3n) is 5.97. The van der Waals surface area contributed by atoms with Crippen LogP contribution in [0.4, 0.5) is 0 Å². The van der Waals surface area contributed by atoms with Gasteiger partial charge in [0.2, 0.25) is 0 Å². The quantitative estimate of drug-likeness (QED) is 0.305. The van der Waals surface area contributed by atoms with Crippen molar-refractivity contribution in [2.45, 2.75) is 19.4 Å². The fourth-order valence-corrected chi connectivity index (χ4v) is 4.12. The maximum atomic E-state index is 8.82. The largest absolute Gasteiger partial charge is 0.488 e. The predicted molar refractivity (Wildman–Crippen MR) is 140 cm³/mol. The van der Waals surface area contributed by atoms with Gasteiger partial charge in [-0.1, -0.05) is 79.7 Å². The van der Waals surface area contributed by atoms with Gasteiger partial charge < -0.3 is 9.64 Å². The van der Waals surface area contributed by atoms with Crippen molar-refractivity contribution in [2.24, 2.45) is 0 Å². The molecule has 3 aromatic rings. The molecule has 1 saturated heterocycles. The number of rotatable bonds is 7. The molecule has 0 aromatic heterocycles. The molecule has 0 bridgehead atoms. The van der Waals surface area contributed by atoms with Gasteiger partial charge in [0.1, 0.15) is 18.2 Å². The van der Waals surface area contributed by atoms with E-state index in [9.17, 15) is 0 Å². The number of piperazine rings is 1. The Bertz CT molecular complexity index is 997. The van der Waals surface area contributed by atoms with E-state index in [2.05, 4.69) is 86.8 Å². The van der Waals surface area contributed by atoms with Crippen molar-refractivity contribution in [3.8, 4) is 5.75 Å². The number of amidine groups is 1. The van der Waals surface area contributed by atoms with Gasteiger partial charge in [-0.05, 0) is 29.2 Å². The highest BCUT2D eigenvalue weighted by atomic mass is 35.6. The molecule has 1 atom stereocenters. The van der Waals surface area contributed by atoms with Gasteiger partial charge in [-0.15, -0.1) is 0 Å². The van der Waals surface area contributed by atoms with E-state index in [0.29, 0.717) is 18.4 Å². The zero-order valence-electron chi connectivity index (χ0n) is 19.4. The van der Waals surface area contributed by atoms with Gasteiger partial charge in [-0.2, -0.15) is 3.84 Å². The Morgan fingerprint density at radius 1 is 0.853 bits per heavy atom. The molecule has 34 heavy (non-hydrogen) atoms. The Hall–Kier alpha value is -2.57. The molecule has 1 heterocycles. The van der Waals surface area contributed by atoms with Crippen LogP contribution in [-0.2, 0) is 10.4 Å². The first kappa shape index (κ1) is 26.0. The molecule has 1 unspecified atom stereocenters. The summed E-state index contributed by atoms with van der Waals surface area (Å²) in [4.78, 5) is 4.69. The van der Waals surface area contributed by atoms with E-state index < -0.39 is 0 Å². The third-order valence-corrected chi connectivity index (χ3v) is 5.97. The molecule has 1 aliphatic heterocycles. The van der Waals surface area contributed by atoms with Crippen molar-refractivity contribution in [3.63, 3.8) is 0 Å². The normalized spacial score (nSPS) is 14.6. The minimum atomic E-state index is 0.510. The standard InChI is InChI=1S/C27H31N3O.Cl2O/c1-22(24-12-6-3-7-13-24)20-29-16-18-30(19-17-29)27(28)25-14-8-9-15-26(25)31-21-23-10-4-2-5-11-23;1-3-2/h2-15,22,28H,16-21H2,1H3;. The van der Waals surface area contributed by atoms with Crippen LogP contribution in [0.5, 0.6) is 5.75 Å². The van der Waals surface area contributed by atoms with Gasteiger partial charge in [0.05, 0.1) is 29.3 Å². The second-order valence-electron chi connectivity index (χ2n) is 8.28. The molecule has 1 N–H and O–H groups in total. The Balaban J connectivity index is 0.00000103. The zero-order valence-corrected chi connectivity index (χ0v) is 20.9. The minimum Gasteiger partial charge on any atom is -0.488 e. The number of nitrogens with one attached hydrogen (secondary N) is 1. The van der Waals surface area contributed by atoms with Crippen LogP contribution < -0.4 is 4.74 Å². The number of para-hydroxylation sites is 1. The molecule has 5 nitrogen and oxygen atoms in total. The van der Waals surface area contributed by atoms with E-state index in [1.165, 1.54) is 5.56 Å². The summed E-state index contributed by atoms with van der Waals surface area (Å²) in [5, 5.41) is 8.82. The third kappa shape index (κ3) is 7.74. The molecular formula is C27H31Cl2N3O2. The fourth-order valence-electron chi connectivity index (χ4n) is 4.12. The lowest BCUT2D eigenvalue weighted by Crippen LogP contribution is -2.49. The Morgan fingerprint density at radius 2 is 1.41 bits per heavy atom. The highest BCUT2D eigenvalue weighted by Crippen LogP contribution is 2.23. The van der Waals surface area contributed by atoms with Crippen molar-refractivity contribution in [1.82, 2.24) is 9.80 Å². The van der Waals surface area contributed by atoms with Crippen molar-refractivity contribution >= 4 is 29.6 Å². The molecular weight excluding hydrogens is 469 g/mol. The van der Waals surface area contributed by atoms with Crippen molar-refractivity contribution in [3.05, 3.63) is 102 Å². The molecule has 0 spiro atoms. The lowest BCUT2D eigenvalue weighted by molar-refractivity contribution is 0.175. The highest BCUT2D eigenvalue weighted by Gasteiger charge is 2.23. The monoisotopic (exact) mass is 499 g/mol. The summed E-state index contributed by atoms with van der Waals surface area (Å²) in [5.41, 5.74) is 3.39. The molecule has 3 aromatic carbocycles. The first-order chi connectivity index (χ1) is 16.6. The molecule has 1 aliphatic rings. The average Bonchev–Trinajstić information content (AvgIpc) is 2.89. The Morgan fingerprint density at radius 3 is 2.06 bits per heavy atom. The van der Waals surface area contributed by atoms with E-state index in [4.69, 9.17) is 10.1 Å².